The third kappa shape index (κ3) is 3.00. The lowest BCUT2D eigenvalue weighted by Crippen LogP contribution is -2.54. The van der Waals surface area contributed by atoms with Gasteiger partial charge < -0.3 is 0 Å². The first-order valence-corrected chi connectivity index (χ1v) is 8.27. The highest BCUT2D eigenvalue weighted by molar-refractivity contribution is 14.1. The molecule has 0 unspecified atom stereocenters. The van der Waals surface area contributed by atoms with Gasteiger partial charge in [-0.3, -0.25) is 9.80 Å². The minimum absolute atomic E-state index is 0.816. The number of piperidine rings is 1. The summed E-state index contributed by atoms with van der Waals surface area (Å²) in [5.41, 5.74) is 0. The number of piperazine rings is 1. The van der Waals surface area contributed by atoms with Crippen LogP contribution in [0.4, 0.5) is 0 Å². The Labute approximate surface area is 120 Å². The first kappa shape index (κ1) is 12.3. The second kappa shape index (κ2) is 5.50. The summed E-state index contributed by atoms with van der Waals surface area (Å²) in [7, 11) is 0. The molecule has 2 saturated heterocycles. The lowest BCUT2D eigenvalue weighted by Gasteiger charge is -2.43. The Balaban J connectivity index is 1.58. The van der Waals surface area contributed by atoms with Gasteiger partial charge in [-0.15, -0.1) is 11.3 Å². The highest BCUT2D eigenvalue weighted by Gasteiger charge is 2.28. The minimum Gasteiger partial charge on any atom is -0.298 e. The van der Waals surface area contributed by atoms with Crippen LogP contribution in [0.1, 0.15) is 24.3 Å². The molecule has 3 nitrogen and oxygen atoms in total. The van der Waals surface area contributed by atoms with Crippen LogP contribution in [0.15, 0.2) is 6.20 Å². The molecule has 0 aromatic carbocycles. The molecule has 0 N–H and O–H groups in total. The molecule has 0 radical (unpaired) electrons. The molecule has 0 amide bonds. The first-order chi connectivity index (χ1) is 8.31. The lowest BCUT2D eigenvalue weighted by molar-refractivity contribution is 0.0456. The number of aromatic nitrogens is 1. The van der Waals surface area contributed by atoms with Crippen molar-refractivity contribution < 1.29 is 0 Å². The Morgan fingerprint density at radius 1 is 1.35 bits per heavy atom. The van der Waals surface area contributed by atoms with Crippen LogP contribution >= 0.6 is 33.9 Å². The summed E-state index contributed by atoms with van der Waals surface area (Å²) in [6.07, 6.45) is 6.20. The molecule has 94 valence electrons. The van der Waals surface area contributed by atoms with E-state index in [0.29, 0.717) is 0 Å². The van der Waals surface area contributed by atoms with Crippen molar-refractivity contribution in [3.8, 4) is 0 Å². The van der Waals surface area contributed by atoms with Crippen molar-refractivity contribution in [2.75, 3.05) is 26.2 Å². The molecule has 3 heterocycles. The van der Waals surface area contributed by atoms with E-state index in [1.165, 1.54) is 53.3 Å². The van der Waals surface area contributed by atoms with Crippen LogP contribution in [0.2, 0.25) is 0 Å². The maximum atomic E-state index is 4.47. The molecule has 0 saturated carbocycles. The number of hydrogen-bond donors (Lipinski definition) is 0. The second-order valence-electron chi connectivity index (χ2n) is 4.98. The molecule has 2 aliphatic heterocycles. The summed E-state index contributed by atoms with van der Waals surface area (Å²) < 4.78 is 1.30. The van der Waals surface area contributed by atoms with E-state index >= 15 is 0 Å². The highest BCUT2D eigenvalue weighted by atomic mass is 127. The average Bonchev–Trinajstić information content (AvgIpc) is 2.75. The normalized spacial score (nSPS) is 27.0. The van der Waals surface area contributed by atoms with E-state index in [4.69, 9.17) is 0 Å². The standard InChI is InChI=1S/C12H18IN3S/c13-11-7-14-12(17-11)9-15-5-6-16-4-2-1-3-10(16)8-15/h7,10H,1-6,8-9H2/t10-/m0/s1. The summed E-state index contributed by atoms with van der Waals surface area (Å²) in [5, 5.41) is 1.28. The Kier molecular flexibility index (Phi) is 3.99. The van der Waals surface area contributed by atoms with Gasteiger partial charge in [-0.05, 0) is 42.0 Å². The van der Waals surface area contributed by atoms with E-state index in [1.807, 2.05) is 17.5 Å². The third-order valence-electron chi connectivity index (χ3n) is 3.81. The van der Waals surface area contributed by atoms with E-state index < -0.39 is 0 Å². The number of nitrogens with zero attached hydrogens (tertiary/aromatic N) is 3. The van der Waals surface area contributed by atoms with E-state index in [0.717, 1.165) is 12.6 Å². The quantitative estimate of drug-likeness (QED) is 0.753. The summed E-state index contributed by atoms with van der Waals surface area (Å²) in [6, 6.07) is 0.816. The smallest absolute Gasteiger partial charge is 0.108 e. The summed E-state index contributed by atoms with van der Waals surface area (Å²) >= 11 is 4.18. The SMILES string of the molecule is Ic1cnc(CN2CCN3CCCC[C@H]3C2)s1. The van der Waals surface area contributed by atoms with Crippen molar-refractivity contribution in [3.63, 3.8) is 0 Å². The number of fused-ring (bicyclic) bond motifs is 1. The molecule has 1 atom stereocenters. The van der Waals surface area contributed by atoms with Crippen LogP contribution in [0, 0.1) is 2.88 Å². The molecule has 0 spiro atoms. The summed E-state index contributed by atoms with van der Waals surface area (Å²) in [5.74, 6) is 0. The molecule has 3 rings (SSSR count). The number of halogens is 1. The number of hydrogen-bond acceptors (Lipinski definition) is 4. The molecule has 1 aromatic rings. The van der Waals surface area contributed by atoms with Gasteiger partial charge >= 0.3 is 0 Å². The van der Waals surface area contributed by atoms with Gasteiger partial charge in [0.2, 0.25) is 0 Å². The number of thiazole rings is 1. The van der Waals surface area contributed by atoms with Crippen molar-refractivity contribution >= 4 is 33.9 Å². The van der Waals surface area contributed by atoms with Crippen LogP contribution in [0.3, 0.4) is 0 Å². The Morgan fingerprint density at radius 3 is 3.12 bits per heavy atom. The zero-order valence-electron chi connectivity index (χ0n) is 9.94. The topological polar surface area (TPSA) is 19.4 Å². The molecule has 1 aromatic heterocycles. The average molecular weight is 363 g/mol. The van der Waals surface area contributed by atoms with E-state index in [2.05, 4.69) is 37.4 Å². The molecular formula is C12H18IN3S. The molecular weight excluding hydrogens is 345 g/mol. The van der Waals surface area contributed by atoms with Gasteiger partial charge in [0.05, 0.1) is 15.6 Å². The van der Waals surface area contributed by atoms with Gasteiger partial charge in [-0.2, -0.15) is 0 Å². The fourth-order valence-electron chi connectivity index (χ4n) is 2.92. The van der Waals surface area contributed by atoms with Gasteiger partial charge in [0.25, 0.3) is 0 Å². The predicted molar refractivity (Wildman–Crippen MR) is 79.3 cm³/mol. The van der Waals surface area contributed by atoms with Gasteiger partial charge in [0.1, 0.15) is 5.01 Å². The Hall–Kier alpha value is 0.280. The highest BCUT2D eigenvalue weighted by Crippen LogP contribution is 2.23. The molecule has 2 aliphatic rings. The fourth-order valence-corrected chi connectivity index (χ4v) is 4.50. The van der Waals surface area contributed by atoms with E-state index in [-0.39, 0.29) is 0 Å². The van der Waals surface area contributed by atoms with Gasteiger partial charge in [-0.25, -0.2) is 4.98 Å². The number of rotatable bonds is 2. The molecule has 17 heavy (non-hydrogen) atoms. The maximum absolute atomic E-state index is 4.47. The van der Waals surface area contributed by atoms with Crippen LogP contribution < -0.4 is 0 Å². The lowest BCUT2D eigenvalue weighted by atomic mass is 9.99. The van der Waals surface area contributed by atoms with Gasteiger partial charge in [0.15, 0.2) is 0 Å². The van der Waals surface area contributed by atoms with Crippen molar-refractivity contribution in [2.45, 2.75) is 31.8 Å². The van der Waals surface area contributed by atoms with Crippen molar-refractivity contribution in [3.05, 3.63) is 14.1 Å². The predicted octanol–water partition coefficient (Wildman–Crippen LogP) is 2.42. The van der Waals surface area contributed by atoms with Crippen LogP contribution in [0.25, 0.3) is 0 Å². The van der Waals surface area contributed by atoms with Gasteiger partial charge in [-0.1, -0.05) is 6.42 Å². The fraction of sp³-hybridized carbons (Fsp3) is 0.750. The van der Waals surface area contributed by atoms with E-state index in [9.17, 15) is 0 Å². The zero-order chi connectivity index (χ0) is 11.7. The van der Waals surface area contributed by atoms with E-state index in [1.54, 1.807) is 0 Å². The summed E-state index contributed by atoms with van der Waals surface area (Å²) in [6.45, 7) is 6.10. The van der Waals surface area contributed by atoms with Crippen LogP contribution in [0.5, 0.6) is 0 Å². The third-order valence-corrected chi connectivity index (χ3v) is 5.52. The van der Waals surface area contributed by atoms with Crippen LogP contribution in [-0.4, -0.2) is 47.0 Å². The second-order valence-corrected chi connectivity index (χ2v) is 7.99. The maximum Gasteiger partial charge on any atom is 0.108 e. The summed E-state index contributed by atoms with van der Waals surface area (Å²) in [4.78, 5) is 9.74. The van der Waals surface area contributed by atoms with Crippen molar-refractivity contribution in [2.24, 2.45) is 0 Å². The van der Waals surface area contributed by atoms with Crippen LogP contribution in [-0.2, 0) is 6.54 Å². The molecule has 2 fully saturated rings. The largest absolute Gasteiger partial charge is 0.298 e. The zero-order valence-corrected chi connectivity index (χ0v) is 12.9. The monoisotopic (exact) mass is 363 g/mol. The van der Waals surface area contributed by atoms with Crippen molar-refractivity contribution in [1.82, 2.24) is 14.8 Å². The van der Waals surface area contributed by atoms with Gasteiger partial charge in [0, 0.05) is 25.7 Å². The molecule has 5 heteroatoms. The molecule has 0 aliphatic carbocycles. The minimum atomic E-state index is 0.816. The van der Waals surface area contributed by atoms with Crippen molar-refractivity contribution in [1.29, 1.82) is 0 Å². The Morgan fingerprint density at radius 2 is 2.29 bits per heavy atom. The Bertz CT molecular complexity index is 382. The molecule has 0 bridgehead atoms. The first-order valence-electron chi connectivity index (χ1n) is 6.38.